The lowest BCUT2D eigenvalue weighted by Gasteiger charge is -2.31. The Bertz CT molecular complexity index is 481. The van der Waals surface area contributed by atoms with Gasteiger partial charge in [-0.3, -0.25) is 4.79 Å². The van der Waals surface area contributed by atoms with E-state index in [-0.39, 0.29) is 12.3 Å². The fourth-order valence-electron chi connectivity index (χ4n) is 3.21. The number of carboxylic acids is 1. The van der Waals surface area contributed by atoms with Gasteiger partial charge in [0.05, 0.1) is 0 Å². The van der Waals surface area contributed by atoms with Gasteiger partial charge in [0.25, 0.3) is 0 Å². The van der Waals surface area contributed by atoms with Crippen LogP contribution in [0.25, 0.3) is 0 Å². The summed E-state index contributed by atoms with van der Waals surface area (Å²) in [5, 5.41) is 9.02. The second kappa shape index (κ2) is 4.87. The van der Waals surface area contributed by atoms with Crippen molar-refractivity contribution in [2.75, 3.05) is 11.4 Å². The molecule has 1 heterocycles. The number of aliphatic carboxylic acids is 1. The second-order valence-corrected chi connectivity index (χ2v) is 6.07. The van der Waals surface area contributed by atoms with E-state index in [2.05, 4.69) is 36.1 Å². The molecule has 0 aromatic heterocycles. The van der Waals surface area contributed by atoms with Crippen molar-refractivity contribution in [2.24, 2.45) is 11.8 Å². The fraction of sp³-hybridized carbons (Fsp3) is 0.562. The van der Waals surface area contributed by atoms with Crippen molar-refractivity contribution in [1.82, 2.24) is 0 Å². The molecule has 3 rings (SSSR count). The molecule has 1 aromatic carbocycles. The van der Waals surface area contributed by atoms with E-state index >= 15 is 0 Å². The molecule has 1 aliphatic carbocycles. The molecule has 0 saturated heterocycles. The van der Waals surface area contributed by atoms with E-state index in [0.29, 0.717) is 6.04 Å². The highest BCUT2D eigenvalue weighted by Crippen LogP contribution is 2.40. The zero-order valence-corrected chi connectivity index (χ0v) is 11.4. The van der Waals surface area contributed by atoms with Gasteiger partial charge < -0.3 is 10.0 Å². The number of carbonyl (C=O) groups is 1. The molecule has 0 bridgehead atoms. The maximum absolute atomic E-state index is 11.0. The van der Waals surface area contributed by atoms with Gasteiger partial charge in [0, 0.05) is 24.7 Å². The Labute approximate surface area is 114 Å². The lowest BCUT2D eigenvalue weighted by Crippen LogP contribution is -2.39. The lowest BCUT2D eigenvalue weighted by molar-refractivity contribution is -0.138. The van der Waals surface area contributed by atoms with Crippen molar-refractivity contribution < 1.29 is 9.90 Å². The number of hydrogen-bond donors (Lipinski definition) is 1. The van der Waals surface area contributed by atoms with Gasteiger partial charge in [0.2, 0.25) is 0 Å². The highest BCUT2D eigenvalue weighted by molar-refractivity contribution is 5.68. The van der Waals surface area contributed by atoms with E-state index in [0.717, 1.165) is 18.9 Å². The third-order valence-electron chi connectivity index (χ3n) is 4.44. The summed E-state index contributed by atoms with van der Waals surface area (Å²) in [4.78, 5) is 13.4. The Hall–Kier alpha value is -1.51. The molecule has 2 atom stereocenters. The predicted octanol–water partition coefficient (Wildman–Crippen LogP) is 2.94. The van der Waals surface area contributed by atoms with Crippen molar-refractivity contribution in [3.8, 4) is 0 Å². The molecule has 3 nitrogen and oxygen atoms in total. The molecule has 2 unspecified atom stereocenters. The highest BCUT2D eigenvalue weighted by Gasteiger charge is 2.36. The van der Waals surface area contributed by atoms with E-state index in [9.17, 15) is 4.79 Å². The maximum Gasteiger partial charge on any atom is 0.303 e. The first-order valence-corrected chi connectivity index (χ1v) is 7.21. The molecule has 1 N–H and O–H groups in total. The van der Waals surface area contributed by atoms with E-state index in [1.54, 1.807) is 0 Å². The van der Waals surface area contributed by atoms with Crippen LogP contribution in [0.1, 0.15) is 31.7 Å². The average molecular weight is 259 g/mol. The summed E-state index contributed by atoms with van der Waals surface area (Å²) < 4.78 is 0. The number of carboxylic acid groups (broad SMARTS) is 1. The molecule has 1 aliphatic heterocycles. The molecule has 102 valence electrons. The number of nitrogens with zero attached hydrogens (tertiary/aromatic N) is 1. The zero-order valence-electron chi connectivity index (χ0n) is 11.4. The topological polar surface area (TPSA) is 40.5 Å². The van der Waals surface area contributed by atoms with Gasteiger partial charge in [-0.25, -0.2) is 0 Å². The van der Waals surface area contributed by atoms with Crippen LogP contribution < -0.4 is 4.90 Å². The molecule has 1 aromatic rings. The summed E-state index contributed by atoms with van der Waals surface area (Å²) in [6.45, 7) is 3.18. The Kier molecular flexibility index (Phi) is 3.21. The standard InChI is InChI=1S/C16H21NO2/c1-11(8-16(18)19)15-9-13-4-2-3-5-14(13)17(15)10-12-6-7-12/h2-5,11-12,15H,6-10H2,1H3,(H,18,19). The SMILES string of the molecule is CC(CC(=O)O)C1Cc2ccccc2N1CC1CC1. The van der Waals surface area contributed by atoms with Gasteiger partial charge in [-0.2, -0.15) is 0 Å². The van der Waals surface area contributed by atoms with Crippen molar-refractivity contribution >= 4 is 11.7 Å². The summed E-state index contributed by atoms with van der Waals surface area (Å²) >= 11 is 0. The first-order valence-electron chi connectivity index (χ1n) is 7.21. The number of fused-ring (bicyclic) bond motifs is 1. The number of rotatable bonds is 5. The fourth-order valence-corrected chi connectivity index (χ4v) is 3.21. The minimum atomic E-state index is -0.685. The second-order valence-electron chi connectivity index (χ2n) is 6.07. The summed E-state index contributed by atoms with van der Waals surface area (Å²) in [6.07, 6.45) is 3.93. The Balaban J connectivity index is 1.81. The quantitative estimate of drug-likeness (QED) is 0.884. The van der Waals surface area contributed by atoms with Crippen LogP contribution in [0, 0.1) is 11.8 Å². The monoisotopic (exact) mass is 259 g/mol. The first-order chi connectivity index (χ1) is 9.15. The maximum atomic E-state index is 11.0. The number of hydrogen-bond acceptors (Lipinski definition) is 2. The number of benzene rings is 1. The third kappa shape index (κ3) is 2.60. The van der Waals surface area contributed by atoms with Crippen LogP contribution in [0.5, 0.6) is 0 Å². The molecule has 2 aliphatic rings. The summed E-state index contributed by atoms with van der Waals surface area (Å²) in [5.74, 6) is 0.337. The van der Waals surface area contributed by atoms with Crippen LogP contribution in [0.15, 0.2) is 24.3 Å². The zero-order chi connectivity index (χ0) is 13.4. The predicted molar refractivity (Wildman–Crippen MR) is 75.4 cm³/mol. The minimum absolute atomic E-state index is 0.198. The first kappa shape index (κ1) is 12.5. The van der Waals surface area contributed by atoms with Crippen LogP contribution in [-0.2, 0) is 11.2 Å². The largest absolute Gasteiger partial charge is 0.481 e. The lowest BCUT2D eigenvalue weighted by atomic mass is 9.95. The van der Waals surface area contributed by atoms with Gasteiger partial charge in [0.15, 0.2) is 0 Å². The number of para-hydroxylation sites is 1. The van der Waals surface area contributed by atoms with E-state index in [1.807, 2.05) is 0 Å². The van der Waals surface area contributed by atoms with Crippen LogP contribution in [0.4, 0.5) is 5.69 Å². The van der Waals surface area contributed by atoms with Crippen molar-refractivity contribution in [1.29, 1.82) is 0 Å². The molecular formula is C16H21NO2. The van der Waals surface area contributed by atoms with Gasteiger partial charge in [-0.05, 0) is 42.7 Å². The molecule has 19 heavy (non-hydrogen) atoms. The molecule has 1 fully saturated rings. The number of anilines is 1. The molecule has 3 heteroatoms. The Morgan fingerprint density at radius 1 is 1.42 bits per heavy atom. The van der Waals surface area contributed by atoms with Crippen LogP contribution >= 0.6 is 0 Å². The Morgan fingerprint density at radius 2 is 2.16 bits per heavy atom. The van der Waals surface area contributed by atoms with Crippen LogP contribution in [-0.4, -0.2) is 23.7 Å². The van der Waals surface area contributed by atoms with Gasteiger partial charge in [0.1, 0.15) is 0 Å². The molecular weight excluding hydrogens is 238 g/mol. The summed E-state index contributed by atoms with van der Waals surface area (Å²) in [6, 6.07) is 8.89. The normalized spacial score (nSPS) is 23.2. The summed E-state index contributed by atoms with van der Waals surface area (Å²) in [5.41, 5.74) is 2.71. The van der Waals surface area contributed by atoms with Crippen molar-refractivity contribution in [2.45, 2.75) is 38.6 Å². The average Bonchev–Trinajstić information content (AvgIpc) is 3.10. The van der Waals surface area contributed by atoms with Gasteiger partial charge in [-0.15, -0.1) is 0 Å². The van der Waals surface area contributed by atoms with Crippen LogP contribution in [0.2, 0.25) is 0 Å². The van der Waals surface area contributed by atoms with Crippen molar-refractivity contribution in [3.63, 3.8) is 0 Å². The smallest absolute Gasteiger partial charge is 0.303 e. The Morgan fingerprint density at radius 3 is 2.84 bits per heavy atom. The van der Waals surface area contributed by atoms with Gasteiger partial charge in [-0.1, -0.05) is 25.1 Å². The third-order valence-corrected chi connectivity index (χ3v) is 4.44. The summed E-state index contributed by atoms with van der Waals surface area (Å²) in [7, 11) is 0. The van der Waals surface area contributed by atoms with E-state index in [1.165, 1.54) is 24.1 Å². The van der Waals surface area contributed by atoms with E-state index < -0.39 is 5.97 Å². The van der Waals surface area contributed by atoms with Gasteiger partial charge >= 0.3 is 5.97 Å². The molecule has 1 saturated carbocycles. The minimum Gasteiger partial charge on any atom is -0.481 e. The molecule has 0 amide bonds. The molecule has 0 spiro atoms. The van der Waals surface area contributed by atoms with Crippen LogP contribution in [0.3, 0.4) is 0 Å². The van der Waals surface area contributed by atoms with Crippen molar-refractivity contribution in [3.05, 3.63) is 29.8 Å². The molecule has 0 radical (unpaired) electrons. The van der Waals surface area contributed by atoms with E-state index in [4.69, 9.17) is 5.11 Å². The highest BCUT2D eigenvalue weighted by atomic mass is 16.4.